The third kappa shape index (κ3) is 6.25. The summed E-state index contributed by atoms with van der Waals surface area (Å²) < 4.78 is 19.9. The number of hydrogen-bond donors (Lipinski definition) is 1. The predicted octanol–water partition coefficient (Wildman–Crippen LogP) is 3.76. The van der Waals surface area contributed by atoms with E-state index < -0.39 is 0 Å². The Morgan fingerprint density at radius 2 is 2.00 bits per heavy atom. The van der Waals surface area contributed by atoms with Crippen LogP contribution in [0.15, 0.2) is 30.9 Å². The molecule has 2 aromatic rings. The summed E-state index contributed by atoms with van der Waals surface area (Å²) in [5.74, 6) is 1.11. The molecule has 1 fully saturated rings. The van der Waals surface area contributed by atoms with Gasteiger partial charge in [-0.05, 0) is 31.9 Å². The van der Waals surface area contributed by atoms with Crippen molar-refractivity contribution in [1.82, 2.24) is 14.9 Å². The van der Waals surface area contributed by atoms with Crippen molar-refractivity contribution in [3.05, 3.63) is 64.3 Å². The Morgan fingerprint density at radius 1 is 1.25 bits per heavy atom. The molecule has 1 aliphatic rings. The molecule has 3 rings (SSSR count). The lowest BCUT2D eigenvalue weighted by Crippen LogP contribution is -2.49. The lowest BCUT2D eigenvalue weighted by atomic mass is 10.0. The van der Waals surface area contributed by atoms with Crippen LogP contribution in [0.4, 0.5) is 10.2 Å². The van der Waals surface area contributed by atoms with Crippen molar-refractivity contribution >= 4 is 17.4 Å². The fraction of sp³-hybridized carbons (Fsp3) is 0.500. The highest BCUT2D eigenvalue weighted by atomic mass is 35.5. The Balaban J connectivity index is 1.83. The van der Waals surface area contributed by atoms with Gasteiger partial charge in [0.25, 0.3) is 0 Å². The molecule has 1 aromatic heterocycles. The lowest BCUT2D eigenvalue weighted by molar-refractivity contribution is 0.103. The first-order valence-corrected chi connectivity index (χ1v) is 11.3. The molecule has 1 N–H and O–H groups in total. The number of anilines is 1. The van der Waals surface area contributed by atoms with Gasteiger partial charge in [-0.3, -0.25) is 4.90 Å². The van der Waals surface area contributed by atoms with Gasteiger partial charge >= 0.3 is 0 Å². The molecule has 2 heterocycles. The Kier molecular flexibility index (Phi) is 8.99. The summed E-state index contributed by atoms with van der Waals surface area (Å²) in [4.78, 5) is 13.8. The third-order valence-corrected chi connectivity index (χ3v) is 6.08. The van der Waals surface area contributed by atoms with E-state index in [-0.39, 0.29) is 11.9 Å². The molecule has 1 saturated heterocycles. The number of rotatable bonds is 10. The molecule has 0 unspecified atom stereocenters. The molecule has 0 aliphatic carbocycles. The minimum absolute atomic E-state index is 0.292. The molecule has 0 saturated carbocycles. The first-order valence-electron chi connectivity index (χ1n) is 11.0. The molecule has 6 nitrogen and oxygen atoms in total. The van der Waals surface area contributed by atoms with E-state index in [1.54, 1.807) is 19.2 Å². The van der Waals surface area contributed by atoms with Crippen LogP contribution in [0.3, 0.4) is 0 Å². The molecule has 0 bridgehead atoms. The van der Waals surface area contributed by atoms with Crippen LogP contribution in [-0.2, 0) is 17.8 Å². The van der Waals surface area contributed by atoms with Gasteiger partial charge in [0.15, 0.2) is 0 Å². The second-order valence-electron chi connectivity index (χ2n) is 8.14. The van der Waals surface area contributed by atoms with Crippen molar-refractivity contribution in [2.45, 2.75) is 38.9 Å². The van der Waals surface area contributed by atoms with Gasteiger partial charge < -0.3 is 14.7 Å². The number of β-amino-alcohol motifs (C(OH)–C–C–N with tert-alkyl or cyclic N) is 1. The summed E-state index contributed by atoms with van der Waals surface area (Å²) in [6, 6.07) is 4.72. The Labute approximate surface area is 194 Å². The second-order valence-corrected chi connectivity index (χ2v) is 8.54. The lowest BCUT2D eigenvalue weighted by Gasteiger charge is -2.37. The molecule has 174 valence electrons. The number of aryl methyl sites for hydroxylation is 1. The van der Waals surface area contributed by atoms with Gasteiger partial charge in [0, 0.05) is 62.4 Å². The van der Waals surface area contributed by atoms with Gasteiger partial charge in [0.2, 0.25) is 0 Å². The van der Waals surface area contributed by atoms with Gasteiger partial charge in [-0.15, -0.1) is 6.58 Å². The van der Waals surface area contributed by atoms with Crippen LogP contribution < -0.4 is 4.90 Å². The van der Waals surface area contributed by atoms with Crippen molar-refractivity contribution in [1.29, 1.82) is 0 Å². The van der Waals surface area contributed by atoms with E-state index in [1.165, 1.54) is 6.07 Å². The highest BCUT2D eigenvalue weighted by molar-refractivity contribution is 6.31. The second kappa shape index (κ2) is 11.7. The van der Waals surface area contributed by atoms with Crippen molar-refractivity contribution < 1.29 is 14.2 Å². The number of halogens is 2. The van der Waals surface area contributed by atoms with Crippen LogP contribution >= 0.6 is 11.6 Å². The number of nitrogens with zero attached hydrogens (tertiary/aromatic N) is 4. The van der Waals surface area contributed by atoms with Crippen molar-refractivity contribution in [3.8, 4) is 0 Å². The first kappa shape index (κ1) is 24.6. The third-order valence-electron chi connectivity index (χ3n) is 5.72. The smallest absolute Gasteiger partial charge is 0.136 e. The number of ether oxygens (including phenoxy) is 1. The Hall–Kier alpha value is -2.06. The number of piperazine rings is 1. The van der Waals surface area contributed by atoms with Crippen LogP contribution in [0, 0.1) is 12.7 Å². The zero-order chi connectivity index (χ0) is 23.1. The predicted molar refractivity (Wildman–Crippen MR) is 126 cm³/mol. The van der Waals surface area contributed by atoms with Gasteiger partial charge in [0.05, 0.1) is 18.4 Å². The zero-order valence-corrected chi connectivity index (χ0v) is 19.6. The monoisotopic (exact) mass is 462 g/mol. The maximum absolute atomic E-state index is 14.6. The van der Waals surface area contributed by atoms with E-state index in [0.717, 1.165) is 56.1 Å². The van der Waals surface area contributed by atoms with Crippen LogP contribution in [0.25, 0.3) is 0 Å². The number of aliphatic hydroxyl groups excluding tert-OH is 1. The quantitative estimate of drug-likeness (QED) is 0.542. The number of aliphatic hydroxyl groups is 1. The van der Waals surface area contributed by atoms with Crippen molar-refractivity contribution in [2.75, 3.05) is 44.7 Å². The van der Waals surface area contributed by atoms with Gasteiger partial charge in [-0.2, -0.15) is 0 Å². The maximum Gasteiger partial charge on any atom is 0.136 e. The van der Waals surface area contributed by atoms with E-state index >= 15 is 0 Å². The van der Waals surface area contributed by atoms with E-state index in [0.29, 0.717) is 36.0 Å². The average molecular weight is 463 g/mol. The molecule has 0 radical (unpaired) electrons. The highest BCUT2D eigenvalue weighted by Crippen LogP contribution is 2.29. The topological polar surface area (TPSA) is 61.7 Å². The highest BCUT2D eigenvalue weighted by Gasteiger charge is 2.25. The SMILES string of the molecule is C=CCC[C@H](O)CN1CCN(c2nc(C)nc(COC)c2Cc2c(F)cccc2Cl)CC1. The molecular weight excluding hydrogens is 431 g/mol. The number of allylic oxidation sites excluding steroid dienone is 1. The molecule has 8 heteroatoms. The molecule has 0 spiro atoms. The molecule has 32 heavy (non-hydrogen) atoms. The minimum atomic E-state index is -0.354. The van der Waals surface area contributed by atoms with Gasteiger partial charge in [-0.1, -0.05) is 23.7 Å². The van der Waals surface area contributed by atoms with E-state index in [4.69, 9.17) is 21.3 Å². The number of aromatic nitrogens is 2. The first-order chi connectivity index (χ1) is 15.4. The van der Waals surface area contributed by atoms with Crippen LogP contribution in [-0.4, -0.2) is 65.9 Å². The summed E-state index contributed by atoms with van der Waals surface area (Å²) in [7, 11) is 1.62. The van der Waals surface area contributed by atoms with Crippen molar-refractivity contribution in [3.63, 3.8) is 0 Å². The van der Waals surface area contributed by atoms with E-state index in [2.05, 4.69) is 21.4 Å². The fourth-order valence-corrected chi connectivity index (χ4v) is 4.29. The maximum atomic E-state index is 14.6. The van der Waals surface area contributed by atoms with Crippen molar-refractivity contribution in [2.24, 2.45) is 0 Å². The number of hydrogen-bond acceptors (Lipinski definition) is 6. The van der Waals surface area contributed by atoms with Gasteiger partial charge in [-0.25, -0.2) is 14.4 Å². The fourth-order valence-electron chi connectivity index (χ4n) is 4.06. The molecule has 0 amide bonds. The summed E-state index contributed by atoms with van der Waals surface area (Å²) in [6.07, 6.45) is 3.31. The normalized spacial score (nSPS) is 15.7. The average Bonchev–Trinajstić information content (AvgIpc) is 2.76. The van der Waals surface area contributed by atoms with E-state index in [1.807, 2.05) is 13.0 Å². The molecule has 1 aromatic carbocycles. The summed E-state index contributed by atoms with van der Waals surface area (Å²) >= 11 is 6.32. The number of methoxy groups -OCH3 is 1. The standard InChI is InChI=1S/C24H32ClFN4O2/c1-4-5-7-18(31)15-29-10-12-30(13-11-29)24-20(23(16-32-3)27-17(2)28-24)14-19-21(25)8-6-9-22(19)26/h4,6,8-9,18,31H,1,5,7,10-16H2,2-3H3/t18-/m0/s1. The number of benzene rings is 1. The minimum Gasteiger partial charge on any atom is -0.392 e. The van der Waals surface area contributed by atoms with Gasteiger partial charge in [0.1, 0.15) is 17.5 Å². The molecular formula is C24H32ClFN4O2. The molecule has 1 atom stereocenters. The molecule has 1 aliphatic heterocycles. The largest absolute Gasteiger partial charge is 0.392 e. The summed E-state index contributed by atoms with van der Waals surface area (Å²) in [5.41, 5.74) is 2.02. The van der Waals surface area contributed by atoms with Crippen LogP contribution in [0.5, 0.6) is 0 Å². The van der Waals surface area contributed by atoms with E-state index in [9.17, 15) is 9.50 Å². The zero-order valence-electron chi connectivity index (χ0n) is 18.9. The van der Waals surface area contributed by atoms with Crippen LogP contribution in [0.1, 0.15) is 35.5 Å². The summed E-state index contributed by atoms with van der Waals surface area (Å²) in [6.45, 7) is 9.68. The van der Waals surface area contributed by atoms with Crippen LogP contribution in [0.2, 0.25) is 5.02 Å². The Morgan fingerprint density at radius 3 is 2.66 bits per heavy atom. The summed E-state index contributed by atoms with van der Waals surface area (Å²) in [5, 5.41) is 10.6. The Bertz CT molecular complexity index is 899.